The number of sulfonamides is 1. The molecule has 0 saturated carbocycles. The Kier molecular flexibility index (Phi) is 4.60. The number of methoxy groups -OCH3 is 1. The number of nitrogens with one attached hydrogen (secondary N) is 1. The van der Waals surface area contributed by atoms with Gasteiger partial charge in [0.2, 0.25) is 0 Å². The summed E-state index contributed by atoms with van der Waals surface area (Å²) < 4.78 is 32.7. The van der Waals surface area contributed by atoms with Gasteiger partial charge in [-0.15, -0.1) is 0 Å². The number of hydrogen-bond acceptors (Lipinski definition) is 4. The Bertz CT molecular complexity index is 842. The summed E-state index contributed by atoms with van der Waals surface area (Å²) >= 11 is 0. The van der Waals surface area contributed by atoms with Gasteiger partial charge in [-0.3, -0.25) is 4.72 Å². The SMILES string of the molecule is COc1cc(S(=O)(=O)Nc2ccc(C(=O)O)cc2)c(C)cc1C. The molecule has 122 valence electrons. The first-order valence-electron chi connectivity index (χ1n) is 6.76. The molecule has 6 nitrogen and oxygen atoms in total. The fourth-order valence-corrected chi connectivity index (χ4v) is 3.52. The van der Waals surface area contributed by atoms with E-state index in [-0.39, 0.29) is 16.1 Å². The van der Waals surface area contributed by atoms with Gasteiger partial charge in [0.15, 0.2) is 0 Å². The number of carboxylic acids is 1. The average Bonchev–Trinajstić information content (AvgIpc) is 2.47. The predicted molar refractivity (Wildman–Crippen MR) is 86.7 cm³/mol. The maximum Gasteiger partial charge on any atom is 0.335 e. The number of rotatable bonds is 5. The third-order valence-corrected chi connectivity index (χ3v) is 4.89. The van der Waals surface area contributed by atoms with Crippen LogP contribution in [0.15, 0.2) is 41.3 Å². The Labute approximate surface area is 134 Å². The van der Waals surface area contributed by atoms with E-state index in [1.165, 1.54) is 37.4 Å². The second-order valence-corrected chi connectivity index (χ2v) is 6.73. The number of anilines is 1. The third-order valence-electron chi connectivity index (χ3n) is 3.37. The fraction of sp³-hybridized carbons (Fsp3) is 0.188. The van der Waals surface area contributed by atoms with Crippen molar-refractivity contribution in [2.24, 2.45) is 0 Å². The summed E-state index contributed by atoms with van der Waals surface area (Å²) in [4.78, 5) is 10.9. The van der Waals surface area contributed by atoms with E-state index in [0.717, 1.165) is 5.56 Å². The number of hydrogen-bond donors (Lipinski definition) is 2. The predicted octanol–water partition coefficient (Wildman–Crippen LogP) is 2.81. The third kappa shape index (κ3) is 3.62. The molecular weight excluding hydrogens is 318 g/mol. The summed E-state index contributed by atoms with van der Waals surface area (Å²) in [6, 6.07) is 8.69. The van der Waals surface area contributed by atoms with Crippen molar-refractivity contribution >= 4 is 21.7 Å². The highest BCUT2D eigenvalue weighted by atomic mass is 32.2. The number of aryl methyl sites for hydroxylation is 2. The van der Waals surface area contributed by atoms with Gasteiger partial charge in [-0.25, -0.2) is 13.2 Å². The lowest BCUT2D eigenvalue weighted by atomic mass is 10.1. The van der Waals surface area contributed by atoms with Crippen LogP contribution in [0, 0.1) is 13.8 Å². The van der Waals surface area contributed by atoms with Crippen LogP contribution in [0.2, 0.25) is 0 Å². The maximum absolute atomic E-state index is 12.5. The highest BCUT2D eigenvalue weighted by Crippen LogP contribution is 2.27. The molecule has 0 bridgehead atoms. The summed E-state index contributed by atoms with van der Waals surface area (Å²) in [7, 11) is -2.33. The summed E-state index contributed by atoms with van der Waals surface area (Å²) in [6.07, 6.45) is 0. The number of carboxylic acid groups (broad SMARTS) is 1. The van der Waals surface area contributed by atoms with Crippen molar-refractivity contribution in [2.75, 3.05) is 11.8 Å². The van der Waals surface area contributed by atoms with E-state index >= 15 is 0 Å². The van der Waals surface area contributed by atoms with Gasteiger partial charge < -0.3 is 9.84 Å². The molecule has 7 heteroatoms. The molecule has 2 rings (SSSR count). The smallest absolute Gasteiger partial charge is 0.335 e. The van der Waals surface area contributed by atoms with Gasteiger partial charge in [0.25, 0.3) is 10.0 Å². The molecule has 23 heavy (non-hydrogen) atoms. The molecule has 0 fully saturated rings. The molecule has 0 aliphatic carbocycles. The normalized spacial score (nSPS) is 11.1. The molecule has 0 heterocycles. The van der Waals surface area contributed by atoms with Crippen molar-refractivity contribution in [3.05, 3.63) is 53.1 Å². The van der Waals surface area contributed by atoms with E-state index in [0.29, 0.717) is 11.3 Å². The van der Waals surface area contributed by atoms with Crippen LogP contribution in [0.3, 0.4) is 0 Å². The summed E-state index contributed by atoms with van der Waals surface area (Å²) in [6.45, 7) is 3.54. The van der Waals surface area contributed by atoms with E-state index in [9.17, 15) is 13.2 Å². The molecule has 0 unspecified atom stereocenters. The van der Waals surface area contributed by atoms with E-state index in [1.807, 2.05) is 6.92 Å². The molecule has 0 amide bonds. The van der Waals surface area contributed by atoms with Crippen molar-refractivity contribution in [2.45, 2.75) is 18.7 Å². The monoisotopic (exact) mass is 335 g/mol. The second kappa shape index (κ2) is 6.29. The van der Waals surface area contributed by atoms with Crippen LogP contribution in [0.4, 0.5) is 5.69 Å². The Balaban J connectivity index is 2.37. The molecule has 0 aliphatic rings. The fourth-order valence-electron chi connectivity index (χ4n) is 2.21. The first kappa shape index (κ1) is 16.8. The van der Waals surface area contributed by atoms with Crippen LogP contribution in [0.5, 0.6) is 5.75 Å². The number of ether oxygens (including phenoxy) is 1. The number of benzene rings is 2. The van der Waals surface area contributed by atoms with Gasteiger partial charge in [0, 0.05) is 11.8 Å². The zero-order chi connectivity index (χ0) is 17.2. The van der Waals surface area contributed by atoms with Crippen molar-refractivity contribution in [3.8, 4) is 5.75 Å². The van der Waals surface area contributed by atoms with Crippen molar-refractivity contribution in [3.63, 3.8) is 0 Å². The topological polar surface area (TPSA) is 92.7 Å². The van der Waals surface area contributed by atoms with E-state index in [1.54, 1.807) is 13.0 Å². The van der Waals surface area contributed by atoms with Crippen LogP contribution in [-0.4, -0.2) is 26.6 Å². The van der Waals surface area contributed by atoms with Gasteiger partial charge in [-0.1, -0.05) is 6.07 Å². The van der Waals surface area contributed by atoms with Gasteiger partial charge in [0.1, 0.15) is 5.75 Å². The molecule has 0 saturated heterocycles. The van der Waals surface area contributed by atoms with Crippen molar-refractivity contribution in [1.82, 2.24) is 0 Å². The molecule has 0 radical (unpaired) electrons. The molecular formula is C16H17NO5S. The van der Waals surface area contributed by atoms with Crippen LogP contribution in [0.1, 0.15) is 21.5 Å². The number of aromatic carboxylic acids is 1. The Morgan fingerprint density at radius 2 is 1.70 bits per heavy atom. The van der Waals surface area contributed by atoms with Crippen LogP contribution in [0.25, 0.3) is 0 Å². The van der Waals surface area contributed by atoms with Gasteiger partial charge in [-0.05, 0) is 49.2 Å². The molecule has 0 spiro atoms. The van der Waals surface area contributed by atoms with Crippen molar-refractivity contribution < 1.29 is 23.1 Å². The molecule has 2 aromatic rings. The van der Waals surface area contributed by atoms with Crippen LogP contribution >= 0.6 is 0 Å². The summed E-state index contributed by atoms with van der Waals surface area (Å²) in [5, 5.41) is 8.85. The second-order valence-electron chi connectivity index (χ2n) is 5.08. The zero-order valence-corrected chi connectivity index (χ0v) is 13.8. The molecule has 0 aliphatic heterocycles. The minimum absolute atomic E-state index is 0.0844. The van der Waals surface area contributed by atoms with Crippen LogP contribution in [-0.2, 0) is 10.0 Å². The Morgan fingerprint density at radius 1 is 1.09 bits per heavy atom. The highest BCUT2D eigenvalue weighted by Gasteiger charge is 2.19. The zero-order valence-electron chi connectivity index (χ0n) is 13.0. The summed E-state index contributed by atoms with van der Waals surface area (Å²) in [5.41, 5.74) is 1.81. The van der Waals surface area contributed by atoms with E-state index in [4.69, 9.17) is 9.84 Å². The lowest BCUT2D eigenvalue weighted by molar-refractivity contribution is 0.0697. The summed E-state index contributed by atoms with van der Waals surface area (Å²) in [5.74, 6) is -0.587. The molecule has 2 N–H and O–H groups in total. The van der Waals surface area contributed by atoms with Gasteiger partial charge in [-0.2, -0.15) is 0 Å². The Morgan fingerprint density at radius 3 is 2.22 bits per heavy atom. The average molecular weight is 335 g/mol. The standard InChI is InChI=1S/C16H17NO5S/c1-10-8-11(2)15(9-14(10)22-3)23(20,21)17-13-6-4-12(5-7-13)16(18)19/h4-9,17H,1-3H3,(H,18,19). The maximum atomic E-state index is 12.5. The minimum Gasteiger partial charge on any atom is -0.496 e. The first-order chi connectivity index (χ1) is 10.7. The van der Waals surface area contributed by atoms with E-state index < -0.39 is 16.0 Å². The Hall–Kier alpha value is -2.54. The largest absolute Gasteiger partial charge is 0.496 e. The van der Waals surface area contributed by atoms with Gasteiger partial charge >= 0.3 is 5.97 Å². The van der Waals surface area contributed by atoms with Crippen LogP contribution < -0.4 is 9.46 Å². The van der Waals surface area contributed by atoms with E-state index in [2.05, 4.69) is 4.72 Å². The lowest BCUT2D eigenvalue weighted by Crippen LogP contribution is -2.14. The van der Waals surface area contributed by atoms with Crippen molar-refractivity contribution in [1.29, 1.82) is 0 Å². The molecule has 0 atom stereocenters. The lowest BCUT2D eigenvalue weighted by Gasteiger charge is -2.13. The quantitative estimate of drug-likeness (QED) is 0.876. The molecule has 2 aromatic carbocycles. The minimum atomic E-state index is -3.80. The van der Waals surface area contributed by atoms with Gasteiger partial charge in [0.05, 0.1) is 17.6 Å². The molecule has 0 aromatic heterocycles. The first-order valence-corrected chi connectivity index (χ1v) is 8.24. The number of carbonyl (C=O) groups is 1. The highest BCUT2D eigenvalue weighted by molar-refractivity contribution is 7.92.